The molecule has 0 atom stereocenters. The summed E-state index contributed by atoms with van der Waals surface area (Å²) in [5.41, 5.74) is 4.61. The van der Waals surface area contributed by atoms with Crippen LogP contribution in [0.5, 0.6) is 0 Å². The van der Waals surface area contributed by atoms with Gasteiger partial charge in [0.05, 0.1) is 18.9 Å². The maximum Gasteiger partial charge on any atom is 0.0802 e. The SMILES string of the molecule is CNCCN(C)Cc1nn2c(c1C1CCC(COC)(COC)CC1)CCC2. The van der Waals surface area contributed by atoms with Crippen LogP contribution in [0.15, 0.2) is 0 Å². The molecule has 0 radical (unpaired) electrons. The number of nitrogens with one attached hydrogen (secondary N) is 1. The molecule has 1 saturated carbocycles. The molecule has 6 nitrogen and oxygen atoms in total. The van der Waals surface area contributed by atoms with Gasteiger partial charge in [-0.2, -0.15) is 5.10 Å². The number of aromatic nitrogens is 2. The second-order valence-corrected chi connectivity index (χ2v) is 8.62. The van der Waals surface area contributed by atoms with Crippen LogP contribution in [0.1, 0.15) is 55.0 Å². The summed E-state index contributed by atoms with van der Waals surface area (Å²) in [6, 6.07) is 0. The molecule has 3 rings (SSSR count). The van der Waals surface area contributed by atoms with Crippen LogP contribution in [-0.2, 0) is 29.0 Å². The van der Waals surface area contributed by atoms with Crippen molar-refractivity contribution >= 4 is 0 Å². The van der Waals surface area contributed by atoms with Gasteiger partial charge < -0.3 is 14.8 Å². The normalized spacial score (nSPS) is 19.7. The Morgan fingerprint density at radius 2 is 1.93 bits per heavy atom. The van der Waals surface area contributed by atoms with Crippen molar-refractivity contribution in [1.29, 1.82) is 0 Å². The molecular weight excluding hydrogens is 340 g/mol. The van der Waals surface area contributed by atoms with Crippen molar-refractivity contribution < 1.29 is 9.47 Å². The van der Waals surface area contributed by atoms with Crippen molar-refractivity contribution in [2.75, 3.05) is 54.6 Å². The molecular formula is C21H38N4O2. The van der Waals surface area contributed by atoms with Gasteiger partial charge in [-0.3, -0.25) is 9.58 Å². The lowest BCUT2D eigenvalue weighted by molar-refractivity contribution is -0.0170. The number of fused-ring (bicyclic) bond motifs is 1. The number of nitrogens with zero attached hydrogens (tertiary/aromatic N) is 3. The zero-order valence-corrected chi connectivity index (χ0v) is 17.7. The van der Waals surface area contributed by atoms with E-state index in [-0.39, 0.29) is 5.41 Å². The third kappa shape index (κ3) is 4.73. The summed E-state index contributed by atoms with van der Waals surface area (Å²) in [4.78, 5) is 2.39. The lowest BCUT2D eigenvalue weighted by Gasteiger charge is -2.39. The molecule has 0 spiro atoms. The second-order valence-electron chi connectivity index (χ2n) is 8.62. The van der Waals surface area contributed by atoms with Gasteiger partial charge >= 0.3 is 0 Å². The first kappa shape index (κ1) is 20.8. The molecule has 1 fully saturated rings. The fourth-order valence-corrected chi connectivity index (χ4v) is 5.10. The Balaban J connectivity index is 1.74. The molecule has 2 heterocycles. The number of methoxy groups -OCH3 is 2. The third-order valence-corrected chi connectivity index (χ3v) is 6.48. The average Bonchev–Trinajstić information content (AvgIpc) is 3.22. The molecule has 1 aromatic rings. The molecule has 154 valence electrons. The van der Waals surface area contributed by atoms with Crippen molar-refractivity contribution in [1.82, 2.24) is 20.0 Å². The van der Waals surface area contributed by atoms with Gasteiger partial charge in [-0.05, 0) is 58.5 Å². The maximum atomic E-state index is 5.54. The summed E-state index contributed by atoms with van der Waals surface area (Å²) in [7, 11) is 7.84. The van der Waals surface area contributed by atoms with E-state index in [9.17, 15) is 0 Å². The van der Waals surface area contributed by atoms with Gasteiger partial charge in [0.25, 0.3) is 0 Å². The van der Waals surface area contributed by atoms with E-state index in [1.54, 1.807) is 5.56 Å². The number of hydrogen-bond donors (Lipinski definition) is 1. The van der Waals surface area contributed by atoms with Crippen molar-refractivity contribution in [3.63, 3.8) is 0 Å². The monoisotopic (exact) mass is 378 g/mol. The molecule has 1 N–H and O–H groups in total. The fourth-order valence-electron chi connectivity index (χ4n) is 5.10. The number of rotatable bonds is 10. The summed E-state index contributed by atoms with van der Waals surface area (Å²) >= 11 is 0. The molecule has 2 aliphatic rings. The van der Waals surface area contributed by atoms with Crippen LogP contribution in [0.3, 0.4) is 0 Å². The van der Waals surface area contributed by atoms with Crippen molar-refractivity contribution in [3.8, 4) is 0 Å². The van der Waals surface area contributed by atoms with E-state index >= 15 is 0 Å². The molecule has 0 saturated heterocycles. The minimum absolute atomic E-state index is 0.195. The lowest BCUT2D eigenvalue weighted by atomic mass is 9.69. The first-order valence-corrected chi connectivity index (χ1v) is 10.5. The molecule has 1 aromatic heterocycles. The third-order valence-electron chi connectivity index (χ3n) is 6.48. The Labute approximate surface area is 164 Å². The summed E-state index contributed by atoms with van der Waals surface area (Å²) in [5, 5.41) is 8.27. The van der Waals surface area contributed by atoms with Gasteiger partial charge in [0.2, 0.25) is 0 Å². The first-order chi connectivity index (χ1) is 13.1. The minimum Gasteiger partial charge on any atom is -0.384 e. The van der Waals surface area contributed by atoms with Gasteiger partial charge in [-0.25, -0.2) is 0 Å². The van der Waals surface area contributed by atoms with E-state index < -0.39 is 0 Å². The predicted molar refractivity (Wildman–Crippen MR) is 108 cm³/mol. The Kier molecular flexibility index (Phi) is 7.31. The van der Waals surface area contributed by atoms with E-state index in [4.69, 9.17) is 14.6 Å². The van der Waals surface area contributed by atoms with Crippen LogP contribution in [-0.4, -0.2) is 69.3 Å². The molecule has 0 aromatic carbocycles. The lowest BCUT2D eigenvalue weighted by Crippen LogP contribution is -2.36. The summed E-state index contributed by atoms with van der Waals surface area (Å²) in [6.07, 6.45) is 7.24. The topological polar surface area (TPSA) is 51.6 Å². The first-order valence-electron chi connectivity index (χ1n) is 10.5. The van der Waals surface area contributed by atoms with Crippen LogP contribution < -0.4 is 5.32 Å². The Morgan fingerprint density at radius 1 is 1.22 bits per heavy atom. The highest BCUT2D eigenvalue weighted by Crippen LogP contribution is 2.45. The summed E-state index contributed by atoms with van der Waals surface area (Å²) < 4.78 is 13.4. The van der Waals surface area contributed by atoms with E-state index in [1.807, 2.05) is 21.3 Å². The van der Waals surface area contributed by atoms with Crippen molar-refractivity contribution in [2.45, 2.75) is 57.5 Å². The maximum absolute atomic E-state index is 5.54. The van der Waals surface area contributed by atoms with Gasteiger partial charge in [0.1, 0.15) is 0 Å². The van der Waals surface area contributed by atoms with Gasteiger partial charge in [0, 0.05) is 57.1 Å². The highest BCUT2D eigenvalue weighted by Gasteiger charge is 2.38. The molecule has 0 unspecified atom stereocenters. The van der Waals surface area contributed by atoms with Crippen LogP contribution in [0.4, 0.5) is 0 Å². The standard InChI is InChI=1S/C21H38N4O2/c1-22-11-13-24(2)14-18-20(19-6-5-12-25(19)23-18)17-7-9-21(10-8-17,15-26-3)16-27-4/h17,22H,5-16H2,1-4H3. The molecule has 0 bridgehead atoms. The van der Waals surface area contributed by atoms with E-state index in [0.29, 0.717) is 5.92 Å². The van der Waals surface area contributed by atoms with Gasteiger partial charge in [-0.15, -0.1) is 0 Å². The van der Waals surface area contributed by atoms with Crippen molar-refractivity contribution in [2.24, 2.45) is 5.41 Å². The van der Waals surface area contributed by atoms with Gasteiger partial charge in [-0.1, -0.05) is 0 Å². The highest BCUT2D eigenvalue weighted by atomic mass is 16.5. The summed E-state index contributed by atoms with van der Waals surface area (Å²) in [5.74, 6) is 0.640. The largest absolute Gasteiger partial charge is 0.384 e. The zero-order valence-electron chi connectivity index (χ0n) is 17.7. The average molecular weight is 379 g/mol. The Hall–Kier alpha value is -0.950. The molecule has 6 heteroatoms. The number of hydrogen-bond acceptors (Lipinski definition) is 5. The summed E-state index contributed by atoms with van der Waals surface area (Å²) in [6.45, 7) is 5.72. The van der Waals surface area contributed by atoms with Crippen LogP contribution in [0.25, 0.3) is 0 Å². The zero-order chi connectivity index (χ0) is 19.3. The smallest absolute Gasteiger partial charge is 0.0802 e. The van der Waals surface area contributed by atoms with E-state index in [1.165, 1.54) is 49.9 Å². The molecule has 1 aliphatic heterocycles. The molecule has 0 amide bonds. The highest BCUT2D eigenvalue weighted by molar-refractivity contribution is 5.33. The molecule has 1 aliphatic carbocycles. The number of aryl methyl sites for hydroxylation is 1. The fraction of sp³-hybridized carbons (Fsp3) is 0.857. The quantitative estimate of drug-likeness (QED) is 0.678. The second kappa shape index (κ2) is 9.50. The van der Waals surface area contributed by atoms with Gasteiger partial charge in [0.15, 0.2) is 0 Å². The van der Waals surface area contributed by atoms with E-state index in [0.717, 1.165) is 39.4 Å². The van der Waals surface area contributed by atoms with Crippen molar-refractivity contribution in [3.05, 3.63) is 17.0 Å². The minimum atomic E-state index is 0.195. The van der Waals surface area contributed by atoms with Crippen LogP contribution >= 0.6 is 0 Å². The number of likely N-dealkylation sites (N-methyl/N-ethyl adjacent to an activating group) is 2. The molecule has 27 heavy (non-hydrogen) atoms. The number of ether oxygens (including phenoxy) is 2. The predicted octanol–water partition coefficient (Wildman–Crippen LogP) is 2.42. The Morgan fingerprint density at radius 3 is 2.56 bits per heavy atom. The van der Waals surface area contributed by atoms with Crippen LogP contribution in [0, 0.1) is 5.41 Å². The Bertz CT molecular complexity index is 585. The van der Waals surface area contributed by atoms with Crippen LogP contribution in [0.2, 0.25) is 0 Å². The van der Waals surface area contributed by atoms with E-state index in [2.05, 4.69) is 21.9 Å².